The van der Waals surface area contributed by atoms with Crippen molar-refractivity contribution in [3.8, 4) is 0 Å². The number of hydrogen-bond acceptors (Lipinski definition) is 4. The van der Waals surface area contributed by atoms with Gasteiger partial charge in [0, 0.05) is 22.6 Å². The van der Waals surface area contributed by atoms with Crippen molar-refractivity contribution >= 4 is 50.8 Å². The Labute approximate surface area is 123 Å². The van der Waals surface area contributed by atoms with Crippen LogP contribution in [0, 0.1) is 0 Å². The van der Waals surface area contributed by atoms with Gasteiger partial charge in [0.15, 0.2) is 5.58 Å². The van der Waals surface area contributed by atoms with Crippen LogP contribution in [-0.4, -0.2) is 10.3 Å². The van der Waals surface area contributed by atoms with Crippen LogP contribution in [0.25, 0.3) is 11.0 Å². The number of rotatable bonds is 2. The summed E-state index contributed by atoms with van der Waals surface area (Å²) in [6.45, 7) is 1.63. The van der Waals surface area contributed by atoms with Crippen molar-refractivity contribution in [1.82, 2.24) is 5.16 Å². The highest BCUT2D eigenvalue weighted by Gasteiger charge is 2.33. The monoisotopic (exact) mass is 378 g/mol. The van der Waals surface area contributed by atoms with E-state index in [1.165, 1.54) is 0 Å². The zero-order chi connectivity index (χ0) is 13.1. The summed E-state index contributed by atoms with van der Waals surface area (Å²) in [5, 5.41) is 15.4. The number of hydrogen-bond donors (Lipinski definition) is 2. The first-order chi connectivity index (χ1) is 8.39. The maximum Gasteiger partial charge on any atom is 0.186 e. The molecule has 96 valence electrons. The molecule has 0 radical (unpaired) electrons. The summed E-state index contributed by atoms with van der Waals surface area (Å²) >= 11 is 8.18. The van der Waals surface area contributed by atoms with Gasteiger partial charge in [-0.05, 0) is 48.4 Å². The fraction of sp³-hybridized carbons (Fsp3) is 0.417. The van der Waals surface area contributed by atoms with Gasteiger partial charge in [0.2, 0.25) is 0 Å². The smallest absolute Gasteiger partial charge is 0.186 e. The molecule has 6 heteroatoms. The summed E-state index contributed by atoms with van der Waals surface area (Å²) in [4.78, 5) is 0. The van der Waals surface area contributed by atoms with Crippen LogP contribution in [0.1, 0.15) is 36.9 Å². The number of nitrogen functional groups attached to an aromatic ring is 1. The fourth-order valence-electron chi connectivity index (χ4n) is 2.19. The van der Waals surface area contributed by atoms with E-state index >= 15 is 0 Å². The zero-order valence-electron chi connectivity index (χ0n) is 9.70. The second-order valence-corrected chi connectivity index (χ2v) is 7.31. The van der Waals surface area contributed by atoms with Crippen LogP contribution in [0.3, 0.4) is 0 Å². The highest BCUT2D eigenvalue weighted by atomic mass is 127. The molecular formula is C12H12ClIN2O2. The Balaban J connectivity index is 2.30. The molecule has 1 saturated carbocycles. The van der Waals surface area contributed by atoms with E-state index in [0.29, 0.717) is 27.8 Å². The molecule has 1 aliphatic carbocycles. The van der Waals surface area contributed by atoms with Crippen molar-refractivity contribution in [2.24, 2.45) is 0 Å². The first-order valence-corrected chi connectivity index (χ1v) is 7.14. The maximum absolute atomic E-state index is 10.1. The molecule has 1 atom stereocenters. The molecule has 1 aliphatic rings. The molecule has 3 N–H and O–H groups in total. The van der Waals surface area contributed by atoms with Gasteiger partial charge in [-0.3, -0.25) is 0 Å². The number of anilines is 1. The number of nitrogens with two attached hydrogens (primary N) is 1. The zero-order valence-corrected chi connectivity index (χ0v) is 12.6. The predicted octanol–water partition coefficient (Wildman–Crippen LogP) is 3.54. The van der Waals surface area contributed by atoms with Crippen LogP contribution < -0.4 is 5.73 Å². The molecule has 0 saturated heterocycles. The lowest BCUT2D eigenvalue weighted by molar-refractivity contribution is 0.179. The Morgan fingerprint density at radius 2 is 2.28 bits per heavy atom. The van der Waals surface area contributed by atoms with Crippen molar-refractivity contribution in [1.29, 1.82) is 0 Å². The third-order valence-electron chi connectivity index (χ3n) is 3.18. The number of nitrogens with zero attached hydrogens (tertiary/aromatic N) is 1. The van der Waals surface area contributed by atoms with E-state index in [1.807, 2.05) is 22.6 Å². The van der Waals surface area contributed by atoms with Crippen LogP contribution in [-0.2, 0) is 3.61 Å². The van der Waals surface area contributed by atoms with Gasteiger partial charge in [-0.2, -0.15) is 0 Å². The number of halogens is 2. The lowest BCUT2D eigenvalue weighted by Crippen LogP contribution is -2.14. The van der Waals surface area contributed by atoms with E-state index in [9.17, 15) is 5.11 Å². The minimum absolute atomic E-state index is 0.351. The minimum atomic E-state index is -1.14. The van der Waals surface area contributed by atoms with Gasteiger partial charge in [0.25, 0.3) is 0 Å². The molecule has 1 aromatic carbocycles. The Morgan fingerprint density at radius 1 is 1.61 bits per heavy atom. The molecule has 3 rings (SSSR count). The Bertz CT molecular complexity index is 629. The number of benzene rings is 1. The molecule has 1 aromatic heterocycles. The van der Waals surface area contributed by atoms with E-state index in [-0.39, 0.29) is 0 Å². The molecule has 0 bridgehead atoms. The van der Waals surface area contributed by atoms with Gasteiger partial charge >= 0.3 is 0 Å². The van der Waals surface area contributed by atoms with Crippen LogP contribution >= 0.6 is 34.2 Å². The molecule has 18 heavy (non-hydrogen) atoms. The van der Waals surface area contributed by atoms with Crippen LogP contribution in [0.2, 0.25) is 5.02 Å². The molecule has 1 fully saturated rings. The van der Waals surface area contributed by atoms with Crippen molar-refractivity contribution in [3.63, 3.8) is 0 Å². The molecular weight excluding hydrogens is 367 g/mol. The highest BCUT2D eigenvalue weighted by molar-refractivity contribution is 14.1. The second-order valence-electron chi connectivity index (χ2n) is 4.83. The number of aromatic nitrogens is 1. The van der Waals surface area contributed by atoms with Gasteiger partial charge in [0.05, 0.1) is 10.7 Å². The number of alkyl halides is 1. The summed E-state index contributed by atoms with van der Waals surface area (Å²) in [6.07, 6.45) is 2.26. The molecule has 2 aromatic rings. The van der Waals surface area contributed by atoms with Gasteiger partial charge in [0.1, 0.15) is 3.61 Å². The average Bonchev–Trinajstić information content (AvgIpc) is 2.98. The highest BCUT2D eigenvalue weighted by Crippen LogP contribution is 2.47. The molecule has 0 amide bonds. The lowest BCUT2D eigenvalue weighted by atomic mass is 10.0. The fourth-order valence-corrected chi connectivity index (χ4v) is 3.36. The summed E-state index contributed by atoms with van der Waals surface area (Å²) in [7, 11) is 0. The van der Waals surface area contributed by atoms with Gasteiger partial charge < -0.3 is 15.4 Å². The topological polar surface area (TPSA) is 72.3 Å². The van der Waals surface area contributed by atoms with E-state index in [1.54, 1.807) is 13.0 Å². The van der Waals surface area contributed by atoms with E-state index < -0.39 is 3.61 Å². The summed E-state index contributed by atoms with van der Waals surface area (Å²) < 4.78 is 4.18. The van der Waals surface area contributed by atoms with Crippen molar-refractivity contribution in [2.45, 2.75) is 29.3 Å². The van der Waals surface area contributed by atoms with Crippen LogP contribution in [0.4, 0.5) is 5.69 Å². The first-order valence-electron chi connectivity index (χ1n) is 5.68. The summed E-state index contributed by atoms with van der Waals surface area (Å²) in [5.41, 5.74) is 8.40. The quantitative estimate of drug-likeness (QED) is 0.476. The number of fused-ring (bicyclic) bond motifs is 1. The largest absolute Gasteiger partial charge is 0.398 e. The number of aliphatic hydroxyl groups is 1. The third-order valence-corrected chi connectivity index (χ3v) is 4.08. The van der Waals surface area contributed by atoms with E-state index in [4.69, 9.17) is 21.9 Å². The Hall–Kier alpha value is -0.530. The molecule has 4 nitrogen and oxygen atoms in total. The van der Waals surface area contributed by atoms with Gasteiger partial charge in [-0.25, -0.2) is 0 Å². The Morgan fingerprint density at radius 3 is 2.83 bits per heavy atom. The maximum atomic E-state index is 10.1. The minimum Gasteiger partial charge on any atom is -0.398 e. The summed E-state index contributed by atoms with van der Waals surface area (Å²) in [5.74, 6) is 0.465. The third kappa shape index (κ3) is 1.88. The summed E-state index contributed by atoms with van der Waals surface area (Å²) in [6, 6.07) is 1.80. The molecule has 0 spiro atoms. The Kier molecular flexibility index (Phi) is 2.76. The van der Waals surface area contributed by atoms with Crippen LogP contribution in [0.5, 0.6) is 0 Å². The predicted molar refractivity (Wildman–Crippen MR) is 79.0 cm³/mol. The van der Waals surface area contributed by atoms with Crippen molar-refractivity contribution in [3.05, 3.63) is 22.3 Å². The van der Waals surface area contributed by atoms with E-state index in [2.05, 4.69) is 5.16 Å². The standard InChI is InChI=1S/C12H12ClIN2O2/c1-12(14,17)8-7(15)4-6-10(5-2-3-5)16-18-11(6)9(8)13/h4-5,17H,2-3,15H2,1H3. The SMILES string of the molecule is CC(O)(I)c1c(N)cc2c(C3CC3)noc2c1Cl. The van der Waals surface area contributed by atoms with Gasteiger partial charge in [-0.15, -0.1) is 0 Å². The van der Waals surface area contributed by atoms with Crippen molar-refractivity contribution in [2.75, 3.05) is 5.73 Å². The van der Waals surface area contributed by atoms with Crippen molar-refractivity contribution < 1.29 is 9.63 Å². The van der Waals surface area contributed by atoms with E-state index in [0.717, 1.165) is 23.9 Å². The lowest BCUT2D eigenvalue weighted by Gasteiger charge is -2.19. The van der Waals surface area contributed by atoms with Gasteiger partial charge in [-0.1, -0.05) is 16.8 Å². The first kappa shape index (κ1) is 12.5. The average molecular weight is 379 g/mol. The normalized spacial score (nSPS) is 19.1. The molecule has 1 unspecified atom stereocenters. The molecule has 1 heterocycles. The van der Waals surface area contributed by atoms with Crippen LogP contribution in [0.15, 0.2) is 10.6 Å². The molecule has 0 aliphatic heterocycles. The second kappa shape index (κ2) is 3.98.